The van der Waals surface area contributed by atoms with E-state index < -0.39 is 0 Å². The van der Waals surface area contributed by atoms with Crippen LogP contribution in [0, 0.1) is 5.92 Å². The Morgan fingerprint density at radius 1 is 1.19 bits per heavy atom. The molecule has 2 aliphatic heterocycles. The molecule has 3 fully saturated rings. The van der Waals surface area contributed by atoms with Crippen LogP contribution < -0.4 is 5.32 Å². The quantitative estimate of drug-likeness (QED) is 0.821. The van der Waals surface area contributed by atoms with E-state index in [-0.39, 0.29) is 17.7 Å². The topological polar surface area (TPSA) is 81.3 Å². The molecule has 1 aromatic heterocycles. The highest BCUT2D eigenvalue weighted by Gasteiger charge is 2.34. The summed E-state index contributed by atoms with van der Waals surface area (Å²) in [4.78, 5) is 29.5. The Morgan fingerprint density at radius 3 is 2.63 bits per heavy atom. The first-order valence-corrected chi connectivity index (χ1v) is 10.5. The molecule has 0 bridgehead atoms. The summed E-state index contributed by atoms with van der Waals surface area (Å²) in [6.07, 6.45) is 7.20. The Hall–Kier alpha value is -1.89. The maximum Gasteiger partial charge on any atom is 0.274 e. The van der Waals surface area contributed by atoms with Crippen LogP contribution in [0.4, 0.5) is 0 Å². The van der Waals surface area contributed by atoms with E-state index >= 15 is 0 Å². The lowest BCUT2D eigenvalue weighted by atomic mass is 9.93. The fourth-order valence-corrected chi connectivity index (χ4v) is 4.35. The van der Waals surface area contributed by atoms with E-state index in [1.54, 1.807) is 0 Å². The maximum atomic E-state index is 12.6. The third-order valence-corrected chi connectivity index (χ3v) is 6.25. The molecule has 3 heterocycles. The van der Waals surface area contributed by atoms with Gasteiger partial charge in [0.25, 0.3) is 5.91 Å². The molecule has 0 aromatic carbocycles. The first-order valence-electron chi connectivity index (χ1n) is 10.5. The smallest absolute Gasteiger partial charge is 0.274 e. The van der Waals surface area contributed by atoms with Crippen LogP contribution in [-0.4, -0.2) is 70.1 Å². The highest BCUT2D eigenvalue weighted by Crippen LogP contribution is 2.26. The molecule has 2 amide bonds. The Morgan fingerprint density at radius 2 is 1.96 bits per heavy atom. The summed E-state index contributed by atoms with van der Waals surface area (Å²) in [7, 11) is 0. The van der Waals surface area contributed by atoms with Crippen molar-refractivity contribution in [2.45, 2.75) is 64.0 Å². The number of nitrogens with zero attached hydrogens (tertiary/aromatic N) is 3. The lowest BCUT2D eigenvalue weighted by Crippen LogP contribution is -2.51. The van der Waals surface area contributed by atoms with Crippen LogP contribution >= 0.6 is 0 Å². The maximum absolute atomic E-state index is 12.6. The normalized spacial score (nSPS) is 24.8. The van der Waals surface area contributed by atoms with Gasteiger partial charge in [-0.3, -0.25) is 19.6 Å². The molecule has 4 rings (SSSR count). The minimum Gasteiger partial charge on any atom is -0.353 e. The second-order valence-electron chi connectivity index (χ2n) is 8.27. The van der Waals surface area contributed by atoms with Crippen molar-refractivity contribution in [3.05, 3.63) is 17.5 Å². The van der Waals surface area contributed by atoms with Crippen LogP contribution in [0.15, 0.2) is 6.07 Å². The molecule has 7 heteroatoms. The van der Waals surface area contributed by atoms with E-state index in [0.717, 1.165) is 76.8 Å². The Bertz CT molecular complexity index is 676. The van der Waals surface area contributed by atoms with Crippen molar-refractivity contribution < 1.29 is 9.59 Å². The molecular weight excluding hydrogens is 342 g/mol. The van der Waals surface area contributed by atoms with Gasteiger partial charge < -0.3 is 10.2 Å². The SMILES string of the molecule is CCc1cc(C(=O)N2CCC(N3CCC[C@@H](C(=O)NC4CC4)C3)CC2)n[nH]1. The van der Waals surface area contributed by atoms with Crippen LogP contribution in [0.2, 0.25) is 0 Å². The van der Waals surface area contributed by atoms with E-state index in [1.165, 1.54) is 0 Å². The van der Waals surface area contributed by atoms with Gasteiger partial charge in [0.15, 0.2) is 0 Å². The van der Waals surface area contributed by atoms with E-state index in [1.807, 2.05) is 17.9 Å². The summed E-state index contributed by atoms with van der Waals surface area (Å²) in [6.45, 7) is 5.53. The molecule has 27 heavy (non-hydrogen) atoms. The minimum absolute atomic E-state index is 0.0322. The minimum atomic E-state index is 0.0322. The molecule has 2 N–H and O–H groups in total. The highest BCUT2D eigenvalue weighted by molar-refractivity contribution is 5.92. The molecule has 1 aliphatic carbocycles. The molecule has 148 valence electrons. The largest absolute Gasteiger partial charge is 0.353 e. The predicted octanol–water partition coefficient (Wildman–Crippen LogP) is 1.57. The van der Waals surface area contributed by atoms with Crippen molar-refractivity contribution in [2.24, 2.45) is 5.92 Å². The average Bonchev–Trinajstić information content (AvgIpc) is 3.40. The molecule has 1 saturated carbocycles. The lowest BCUT2D eigenvalue weighted by molar-refractivity contribution is -0.127. The molecule has 0 radical (unpaired) electrons. The van der Waals surface area contributed by atoms with Crippen molar-refractivity contribution in [3.63, 3.8) is 0 Å². The van der Waals surface area contributed by atoms with Crippen molar-refractivity contribution in [2.75, 3.05) is 26.2 Å². The lowest BCUT2D eigenvalue weighted by Gasteiger charge is -2.41. The number of amides is 2. The number of hydrogen-bond donors (Lipinski definition) is 2. The number of piperidine rings is 2. The summed E-state index contributed by atoms with van der Waals surface area (Å²) in [5.41, 5.74) is 1.53. The molecule has 0 spiro atoms. The number of likely N-dealkylation sites (tertiary alicyclic amines) is 2. The zero-order valence-electron chi connectivity index (χ0n) is 16.2. The zero-order chi connectivity index (χ0) is 18.8. The summed E-state index contributed by atoms with van der Waals surface area (Å²) in [5, 5.41) is 10.2. The summed E-state index contributed by atoms with van der Waals surface area (Å²) < 4.78 is 0. The van der Waals surface area contributed by atoms with Crippen LogP contribution in [0.3, 0.4) is 0 Å². The number of hydrogen-bond acceptors (Lipinski definition) is 4. The fraction of sp³-hybridized carbons (Fsp3) is 0.750. The van der Waals surface area contributed by atoms with Crippen molar-refractivity contribution in [3.8, 4) is 0 Å². The molecular formula is C20H31N5O2. The standard InChI is InChI=1S/C20H31N5O2/c1-2-15-12-18(23-22-15)20(27)24-10-7-17(8-11-24)25-9-3-4-14(13-25)19(26)21-16-5-6-16/h12,14,16-17H,2-11,13H2,1H3,(H,21,26)(H,22,23)/t14-/m1/s1. The average molecular weight is 374 g/mol. The Labute approximate surface area is 160 Å². The van der Waals surface area contributed by atoms with E-state index in [4.69, 9.17) is 0 Å². The van der Waals surface area contributed by atoms with Gasteiger partial charge in [-0.15, -0.1) is 0 Å². The van der Waals surface area contributed by atoms with Gasteiger partial charge in [-0.25, -0.2) is 0 Å². The van der Waals surface area contributed by atoms with Gasteiger partial charge in [0.1, 0.15) is 5.69 Å². The summed E-state index contributed by atoms with van der Waals surface area (Å²) in [5.74, 6) is 0.417. The van der Waals surface area contributed by atoms with Gasteiger partial charge in [0.2, 0.25) is 5.91 Å². The van der Waals surface area contributed by atoms with Crippen LogP contribution in [0.1, 0.15) is 61.6 Å². The van der Waals surface area contributed by atoms with Gasteiger partial charge >= 0.3 is 0 Å². The number of aromatic amines is 1. The predicted molar refractivity (Wildman–Crippen MR) is 102 cm³/mol. The first kappa shape index (κ1) is 18.5. The van der Waals surface area contributed by atoms with E-state index in [2.05, 4.69) is 20.4 Å². The van der Waals surface area contributed by atoms with E-state index in [0.29, 0.717) is 17.8 Å². The molecule has 2 saturated heterocycles. The second kappa shape index (κ2) is 8.00. The number of carbonyl (C=O) groups is 2. The number of nitrogens with one attached hydrogen (secondary N) is 2. The number of rotatable bonds is 5. The number of carbonyl (C=O) groups excluding carboxylic acids is 2. The Balaban J connectivity index is 1.28. The van der Waals surface area contributed by atoms with Gasteiger partial charge in [0.05, 0.1) is 5.92 Å². The third kappa shape index (κ3) is 4.34. The van der Waals surface area contributed by atoms with Crippen molar-refractivity contribution in [1.82, 2.24) is 25.3 Å². The summed E-state index contributed by atoms with van der Waals surface area (Å²) in [6, 6.07) is 2.79. The monoisotopic (exact) mass is 373 g/mol. The highest BCUT2D eigenvalue weighted by atomic mass is 16.2. The van der Waals surface area contributed by atoms with Crippen LogP contribution in [0.25, 0.3) is 0 Å². The van der Waals surface area contributed by atoms with Crippen molar-refractivity contribution >= 4 is 11.8 Å². The molecule has 1 aromatic rings. The molecule has 0 unspecified atom stereocenters. The second-order valence-corrected chi connectivity index (χ2v) is 8.27. The molecule has 1 atom stereocenters. The van der Waals surface area contributed by atoms with Gasteiger partial charge in [-0.1, -0.05) is 6.92 Å². The van der Waals surface area contributed by atoms with E-state index in [9.17, 15) is 9.59 Å². The Kier molecular flexibility index (Phi) is 5.48. The molecule has 3 aliphatic rings. The zero-order valence-corrected chi connectivity index (χ0v) is 16.2. The molecule has 7 nitrogen and oxygen atoms in total. The fourth-order valence-electron chi connectivity index (χ4n) is 4.35. The van der Waals surface area contributed by atoms with Gasteiger partial charge in [-0.05, 0) is 57.6 Å². The van der Waals surface area contributed by atoms with Gasteiger partial charge in [-0.2, -0.15) is 5.10 Å². The van der Waals surface area contributed by atoms with Crippen LogP contribution in [-0.2, 0) is 11.2 Å². The first-order chi connectivity index (χ1) is 13.1. The number of H-pyrrole nitrogens is 1. The third-order valence-electron chi connectivity index (χ3n) is 6.25. The number of aryl methyl sites for hydroxylation is 1. The van der Waals surface area contributed by atoms with Crippen LogP contribution in [0.5, 0.6) is 0 Å². The number of aromatic nitrogens is 2. The van der Waals surface area contributed by atoms with Gasteiger partial charge in [0, 0.05) is 37.4 Å². The van der Waals surface area contributed by atoms with Crippen molar-refractivity contribution in [1.29, 1.82) is 0 Å². The summed E-state index contributed by atoms with van der Waals surface area (Å²) >= 11 is 0.